The van der Waals surface area contributed by atoms with Crippen molar-refractivity contribution in [1.82, 2.24) is 0 Å². The summed E-state index contributed by atoms with van der Waals surface area (Å²) in [6, 6.07) is 0. The van der Waals surface area contributed by atoms with Crippen LogP contribution in [0.5, 0.6) is 0 Å². The molecule has 5 unspecified atom stereocenters. The summed E-state index contributed by atoms with van der Waals surface area (Å²) in [4.78, 5) is 58.9. The third-order valence-corrected chi connectivity index (χ3v) is 20.3. The molecule has 0 aromatic heterocycles. The minimum Gasteiger partial charge on any atom is -0.463 e. The van der Waals surface area contributed by atoms with Gasteiger partial charge in [-0.05, 0) is 148 Å². The zero-order valence-electron chi connectivity index (χ0n) is 71.0. The van der Waals surface area contributed by atoms with Gasteiger partial charge in [-0.3, -0.25) is 32.5 Å². The Kier molecular flexibility index (Phi) is 82.4. The van der Waals surface area contributed by atoms with Gasteiger partial charge in [0.1, 0.15) is 25.4 Å². The van der Waals surface area contributed by atoms with Crippen molar-refractivity contribution in [1.29, 1.82) is 0 Å². The van der Waals surface area contributed by atoms with Crippen molar-refractivity contribution in [2.45, 2.75) is 373 Å². The molecular weight excluding hydrogens is 1460 g/mol. The summed E-state index contributed by atoms with van der Waals surface area (Å²) < 4.78 is 61.4. The molecule has 18 heteroatoms. The van der Waals surface area contributed by atoms with Gasteiger partial charge in [-0.2, -0.15) is 0 Å². The second-order valence-electron chi connectivity index (χ2n) is 29.3. The maximum Gasteiger partial charge on any atom is 0.472 e. The van der Waals surface area contributed by atoms with E-state index >= 15 is 0 Å². The Labute approximate surface area is 688 Å². The largest absolute Gasteiger partial charge is 0.472 e. The van der Waals surface area contributed by atoms with Crippen LogP contribution in [0.3, 0.4) is 0 Å². The Hall–Kier alpha value is -5.09. The van der Waals surface area contributed by atoms with Crippen LogP contribution in [0, 0.1) is 0 Å². The number of unbranched alkanes of at least 4 members (excludes halogenated alkanes) is 32. The normalized spacial score (nSPS) is 14.6. The Morgan fingerprint density at radius 1 is 0.248 bits per heavy atom. The minimum absolute atomic E-state index is 0.0835. The number of phosphoric acid groups is 2. The lowest BCUT2D eigenvalue weighted by atomic mass is 10.0. The third kappa shape index (κ3) is 87.6. The molecule has 0 aromatic rings. The molecule has 16 nitrogen and oxygen atoms in total. The third-order valence-electron chi connectivity index (χ3n) is 18.4. The summed E-state index contributed by atoms with van der Waals surface area (Å²) in [6.45, 7) is 2.35. The van der Waals surface area contributed by atoms with Crippen molar-refractivity contribution in [3.8, 4) is 0 Å². The van der Waals surface area contributed by atoms with Gasteiger partial charge in [0, 0.05) is 19.3 Å². The molecule has 0 rings (SSSR count). The molecule has 0 saturated heterocycles. The van der Waals surface area contributed by atoms with Crippen LogP contribution in [-0.4, -0.2) is 95.9 Å². The SMILES string of the molecule is CC/C=C\C/C=C\C/C=C\C/C=C\C/C=C\CCCCCCCCCCCCCCCCCC(=O)OCC(O)COP(=O)(O)OCC(O)COP(=O)(O)OCC(COC(=O)CCCCCCCCCCCCC/C=C\C/C=C\C/C=C\C/C=C\C/C=C\CC)OC(=O)CCCCCCCC/C=C\C/C=C\C/C=C\C/C=C\CC. The van der Waals surface area contributed by atoms with Gasteiger partial charge in [-0.25, -0.2) is 9.13 Å². The van der Waals surface area contributed by atoms with Crippen molar-refractivity contribution in [3.63, 3.8) is 0 Å². The molecular formula is C95H160O16P2. The first-order valence-electron chi connectivity index (χ1n) is 44.4. The Bertz CT molecular complexity index is 2730. The van der Waals surface area contributed by atoms with Gasteiger partial charge in [-0.1, -0.05) is 358 Å². The summed E-state index contributed by atoms with van der Waals surface area (Å²) in [5.74, 6) is -1.59. The fourth-order valence-corrected chi connectivity index (χ4v) is 13.4. The van der Waals surface area contributed by atoms with Gasteiger partial charge in [0.2, 0.25) is 0 Å². The molecule has 5 atom stereocenters. The molecule has 0 bridgehead atoms. The number of rotatable bonds is 83. The number of allylic oxidation sites excluding steroid dienone is 28. The number of aliphatic hydroxyl groups is 2. The maximum atomic E-state index is 13.0. The van der Waals surface area contributed by atoms with E-state index in [1.165, 1.54) is 116 Å². The molecule has 0 heterocycles. The average molecular weight is 1620 g/mol. The van der Waals surface area contributed by atoms with Crippen LogP contribution in [0.4, 0.5) is 0 Å². The summed E-state index contributed by atoms with van der Waals surface area (Å²) >= 11 is 0. The highest BCUT2D eigenvalue weighted by atomic mass is 31.2. The molecule has 113 heavy (non-hydrogen) atoms. The zero-order valence-corrected chi connectivity index (χ0v) is 72.8. The number of hydrogen-bond donors (Lipinski definition) is 4. The van der Waals surface area contributed by atoms with Crippen LogP contribution >= 0.6 is 15.6 Å². The number of carbonyl (C=O) groups is 3. The van der Waals surface area contributed by atoms with Gasteiger partial charge in [-0.15, -0.1) is 0 Å². The summed E-state index contributed by atoms with van der Waals surface area (Å²) in [5, 5.41) is 20.7. The van der Waals surface area contributed by atoms with E-state index in [1.54, 1.807) is 0 Å². The minimum atomic E-state index is -4.95. The molecule has 0 radical (unpaired) electrons. The molecule has 0 aliphatic rings. The number of phosphoric ester groups is 2. The van der Waals surface area contributed by atoms with Gasteiger partial charge >= 0.3 is 33.6 Å². The first-order chi connectivity index (χ1) is 55.2. The molecule has 0 aliphatic heterocycles. The highest BCUT2D eigenvalue weighted by Gasteiger charge is 2.29. The molecule has 0 aromatic carbocycles. The van der Waals surface area contributed by atoms with E-state index < -0.39 is 91.5 Å². The van der Waals surface area contributed by atoms with Crippen LogP contribution in [0.15, 0.2) is 170 Å². The van der Waals surface area contributed by atoms with E-state index in [0.29, 0.717) is 19.3 Å². The number of aliphatic hydroxyl groups excluding tert-OH is 2. The molecule has 0 fully saturated rings. The zero-order chi connectivity index (χ0) is 82.2. The van der Waals surface area contributed by atoms with Crippen LogP contribution in [0.2, 0.25) is 0 Å². The lowest BCUT2D eigenvalue weighted by molar-refractivity contribution is -0.161. The van der Waals surface area contributed by atoms with Crippen LogP contribution in [0.25, 0.3) is 0 Å². The lowest BCUT2D eigenvalue weighted by Crippen LogP contribution is -2.30. The van der Waals surface area contributed by atoms with E-state index in [1.807, 2.05) is 0 Å². The fraction of sp³-hybridized carbons (Fsp3) is 0.674. The average Bonchev–Trinajstić information content (AvgIpc) is 0.899. The van der Waals surface area contributed by atoms with E-state index in [9.17, 15) is 43.5 Å². The van der Waals surface area contributed by atoms with E-state index in [0.717, 1.165) is 180 Å². The van der Waals surface area contributed by atoms with E-state index in [2.05, 4.69) is 191 Å². The second kappa shape index (κ2) is 86.3. The summed E-state index contributed by atoms with van der Waals surface area (Å²) in [6.07, 6.45) is 111. The van der Waals surface area contributed by atoms with Crippen LogP contribution in [0.1, 0.15) is 355 Å². The molecule has 0 aliphatic carbocycles. The van der Waals surface area contributed by atoms with Crippen LogP contribution in [-0.2, 0) is 55.8 Å². The van der Waals surface area contributed by atoms with Crippen LogP contribution < -0.4 is 0 Å². The molecule has 0 spiro atoms. The molecule has 0 saturated carbocycles. The quantitative estimate of drug-likeness (QED) is 0.0146. The summed E-state index contributed by atoms with van der Waals surface area (Å²) in [5.41, 5.74) is 0. The molecule has 646 valence electrons. The smallest absolute Gasteiger partial charge is 0.463 e. The first kappa shape index (κ1) is 108. The molecule has 4 N–H and O–H groups in total. The highest BCUT2D eigenvalue weighted by Crippen LogP contribution is 2.45. The van der Waals surface area contributed by atoms with Crippen molar-refractivity contribution in [2.75, 3.05) is 39.6 Å². The predicted octanol–water partition coefficient (Wildman–Crippen LogP) is 27.1. The Morgan fingerprint density at radius 3 is 0.699 bits per heavy atom. The molecule has 0 amide bonds. The number of hydrogen-bond acceptors (Lipinski definition) is 14. The Morgan fingerprint density at radius 2 is 0.442 bits per heavy atom. The van der Waals surface area contributed by atoms with Crippen molar-refractivity contribution >= 4 is 33.6 Å². The first-order valence-corrected chi connectivity index (χ1v) is 47.4. The monoisotopic (exact) mass is 1620 g/mol. The fourth-order valence-electron chi connectivity index (χ4n) is 11.8. The lowest BCUT2D eigenvalue weighted by Gasteiger charge is -2.21. The highest BCUT2D eigenvalue weighted by molar-refractivity contribution is 7.47. The summed E-state index contributed by atoms with van der Waals surface area (Å²) in [7, 11) is -9.81. The van der Waals surface area contributed by atoms with Crippen molar-refractivity contribution in [2.24, 2.45) is 0 Å². The van der Waals surface area contributed by atoms with Gasteiger partial charge in [0.15, 0.2) is 6.10 Å². The standard InChI is InChI=1S/C95H160O16P2/c1-4-7-10-13-16-19-22-25-28-31-34-36-38-40-42-43-44-45-47-49-50-52-55-57-60-63-66-69-72-75-78-81-93(98)105-84-90(96)85-107-112(101,102)108-86-91(97)87-109-113(103,104)110-89-92(111-95(100)83-80-77-74-71-68-65-62-59-54-33-30-27-24-21-18-15-12-9-6-3)88-106-94(99)82-79-76-73-70-67-64-61-58-56-53-51-48-46-41-39-37-35-32-29-26-23-20-17-14-11-8-5-2/h7-12,16-21,25-30,34-37,40-42,46,54,59,90-92,96-97H,4-6,13-15,22-24,31-33,38-39,43-45,47-53,55-58,60-89H2,1-3H3,(H,101,102)(H,103,104)/b10-7-,11-8-,12-9-,19-16-,20-17-,21-18-,28-25-,29-26-,30-27-,36-34-,37-35-,42-40-,46-41-,59-54-. The van der Waals surface area contributed by atoms with Gasteiger partial charge in [0.05, 0.1) is 26.4 Å². The second-order valence-corrected chi connectivity index (χ2v) is 32.2. The van der Waals surface area contributed by atoms with Crippen molar-refractivity contribution < 1.29 is 75.8 Å². The Balaban J connectivity index is 4.57. The number of esters is 3. The maximum absolute atomic E-state index is 13.0. The topological polar surface area (TPSA) is 231 Å². The van der Waals surface area contributed by atoms with E-state index in [4.69, 9.17) is 32.3 Å². The number of ether oxygens (including phenoxy) is 3. The number of carbonyl (C=O) groups excluding carboxylic acids is 3. The van der Waals surface area contributed by atoms with Gasteiger partial charge < -0.3 is 34.2 Å². The van der Waals surface area contributed by atoms with Gasteiger partial charge in [0.25, 0.3) is 0 Å². The van der Waals surface area contributed by atoms with E-state index in [-0.39, 0.29) is 19.3 Å². The van der Waals surface area contributed by atoms with Crippen molar-refractivity contribution in [3.05, 3.63) is 170 Å². The predicted molar refractivity (Wildman–Crippen MR) is 472 cm³/mol.